The molecule has 1 fully saturated rings. The topological polar surface area (TPSA) is 28.2 Å². The van der Waals surface area contributed by atoms with Crippen LogP contribution in [0.5, 0.6) is 0 Å². The molecule has 0 unspecified atom stereocenters. The van der Waals surface area contributed by atoms with Crippen LogP contribution in [0.1, 0.15) is 26.2 Å². The zero-order valence-corrected chi connectivity index (χ0v) is 13.4. The summed E-state index contributed by atoms with van der Waals surface area (Å²) in [5, 5.41) is 3.44. The molecule has 0 atom stereocenters. The molecule has 0 radical (unpaired) electrons. The van der Waals surface area contributed by atoms with Crippen LogP contribution in [0, 0.1) is 0 Å². The molecule has 0 spiro atoms. The fourth-order valence-corrected chi connectivity index (χ4v) is 3.18. The highest BCUT2D eigenvalue weighted by atomic mass is 15.3. The van der Waals surface area contributed by atoms with Gasteiger partial charge < -0.3 is 10.2 Å². The van der Waals surface area contributed by atoms with E-state index in [0.717, 1.165) is 29.9 Å². The lowest BCUT2D eigenvalue weighted by molar-refractivity contribution is 0.393. The Morgan fingerprint density at radius 1 is 1.35 bits per heavy atom. The molecule has 0 aliphatic carbocycles. The van der Waals surface area contributed by atoms with E-state index in [2.05, 4.69) is 50.4 Å². The van der Waals surface area contributed by atoms with Gasteiger partial charge in [0.25, 0.3) is 0 Å². The number of nitrogens with zero attached hydrogens (tertiary/aromatic N) is 3. The first-order chi connectivity index (χ1) is 9.56. The lowest BCUT2D eigenvalue weighted by Gasteiger charge is -2.36. The second-order valence-corrected chi connectivity index (χ2v) is 6.35. The highest BCUT2D eigenvalue weighted by Gasteiger charge is 2.28. The van der Waals surface area contributed by atoms with Gasteiger partial charge in [-0.1, -0.05) is 6.92 Å². The second-order valence-electron chi connectivity index (χ2n) is 6.35. The number of nitrogens with one attached hydrogen (secondary N) is 1. The molecule has 1 N–H and O–H groups in total. The Hall–Kier alpha value is -1.13. The minimum absolute atomic E-state index is 0.603. The summed E-state index contributed by atoms with van der Waals surface area (Å²) in [6.45, 7) is 5.61. The van der Waals surface area contributed by atoms with Crippen LogP contribution in [-0.2, 0) is 0 Å². The first kappa shape index (κ1) is 15.3. The van der Waals surface area contributed by atoms with Gasteiger partial charge in [-0.3, -0.25) is 4.48 Å². The van der Waals surface area contributed by atoms with Crippen molar-refractivity contribution in [2.75, 3.05) is 45.7 Å². The Morgan fingerprint density at radius 3 is 2.70 bits per heavy atom. The summed E-state index contributed by atoms with van der Waals surface area (Å²) in [6, 6.07) is 4.90. The van der Waals surface area contributed by atoms with Crippen molar-refractivity contribution < 1.29 is 0 Å². The molecule has 20 heavy (non-hydrogen) atoms. The molecule has 4 nitrogen and oxygen atoms in total. The van der Waals surface area contributed by atoms with Crippen molar-refractivity contribution in [2.24, 2.45) is 0 Å². The Bertz CT molecular complexity index is 424. The summed E-state index contributed by atoms with van der Waals surface area (Å²) < 4.78 is 0.898. The van der Waals surface area contributed by atoms with E-state index >= 15 is 0 Å². The predicted octanol–water partition coefficient (Wildman–Crippen LogP) is 2.25. The molecule has 2 heterocycles. The maximum absolute atomic E-state index is 4.69. The molecule has 0 amide bonds. The number of piperidine rings is 1. The Balaban J connectivity index is 2.26. The third-order valence-corrected chi connectivity index (χ3v) is 4.39. The van der Waals surface area contributed by atoms with Crippen LogP contribution in [0.25, 0.3) is 0 Å². The van der Waals surface area contributed by atoms with Crippen molar-refractivity contribution in [2.45, 2.75) is 32.2 Å². The van der Waals surface area contributed by atoms with E-state index in [-0.39, 0.29) is 0 Å². The van der Waals surface area contributed by atoms with E-state index in [0.29, 0.717) is 6.04 Å². The molecule has 1 aromatic heterocycles. The molecule has 1 saturated heterocycles. The molecule has 0 saturated carbocycles. The lowest BCUT2D eigenvalue weighted by Crippen LogP contribution is -2.45. The summed E-state index contributed by atoms with van der Waals surface area (Å²) in [5.41, 5.74) is 1.33. The maximum Gasteiger partial charge on any atom is 0.190 e. The second kappa shape index (κ2) is 6.55. The summed E-state index contributed by atoms with van der Waals surface area (Å²) in [4.78, 5) is 7.09. The van der Waals surface area contributed by atoms with Crippen molar-refractivity contribution in [1.29, 1.82) is 0 Å². The van der Waals surface area contributed by atoms with E-state index in [1.807, 2.05) is 6.20 Å². The van der Waals surface area contributed by atoms with Crippen molar-refractivity contribution >= 4 is 11.5 Å². The van der Waals surface area contributed by atoms with Crippen molar-refractivity contribution in [1.82, 2.24) is 14.8 Å². The van der Waals surface area contributed by atoms with Gasteiger partial charge in [0.15, 0.2) is 11.5 Å². The quantitative estimate of drug-likeness (QED) is 0.837. The molecule has 1 aliphatic rings. The van der Waals surface area contributed by atoms with Crippen molar-refractivity contribution in [3.8, 4) is 0 Å². The molecular formula is C16H29N4+. The number of aromatic nitrogens is 1. The summed E-state index contributed by atoms with van der Waals surface area (Å²) >= 11 is 0. The van der Waals surface area contributed by atoms with Crippen LogP contribution in [0.15, 0.2) is 18.3 Å². The maximum atomic E-state index is 4.69. The van der Waals surface area contributed by atoms with Gasteiger partial charge in [0, 0.05) is 25.4 Å². The zero-order chi connectivity index (χ0) is 14.6. The minimum Gasteiger partial charge on any atom is -0.352 e. The van der Waals surface area contributed by atoms with Gasteiger partial charge >= 0.3 is 0 Å². The number of anilines is 1. The smallest absolute Gasteiger partial charge is 0.190 e. The average Bonchev–Trinajstić information content (AvgIpc) is 2.47. The monoisotopic (exact) mass is 277 g/mol. The SMILES string of the molecule is CCC[N+](C)(C)c1cccnc1N(C)C1CCNCC1. The molecular weight excluding hydrogens is 248 g/mol. The zero-order valence-electron chi connectivity index (χ0n) is 13.4. The van der Waals surface area contributed by atoms with Crippen LogP contribution < -0.4 is 14.7 Å². The van der Waals surface area contributed by atoms with E-state index in [9.17, 15) is 0 Å². The number of quaternary nitrogens is 1. The lowest BCUT2D eigenvalue weighted by atomic mass is 10.1. The molecule has 0 bridgehead atoms. The standard InChI is InChI=1S/C16H29N4/c1-5-13-20(3,4)15-7-6-10-18-16(15)19(2)14-8-11-17-12-9-14/h6-7,10,14,17H,5,8-9,11-13H2,1-4H3/q+1. The summed E-state index contributed by atoms with van der Waals surface area (Å²) in [5.74, 6) is 1.15. The Morgan fingerprint density at radius 2 is 2.05 bits per heavy atom. The highest BCUT2D eigenvalue weighted by Crippen LogP contribution is 2.31. The van der Waals surface area contributed by atoms with E-state index in [1.165, 1.54) is 24.9 Å². The van der Waals surface area contributed by atoms with Gasteiger partial charge in [0.1, 0.15) is 0 Å². The molecule has 112 valence electrons. The van der Waals surface area contributed by atoms with E-state index in [4.69, 9.17) is 4.98 Å². The molecule has 0 aromatic carbocycles. The Labute approximate surface area is 123 Å². The van der Waals surface area contributed by atoms with Crippen LogP contribution in [0.2, 0.25) is 0 Å². The summed E-state index contributed by atoms with van der Waals surface area (Å²) in [7, 11) is 6.76. The van der Waals surface area contributed by atoms with Gasteiger partial charge in [-0.25, -0.2) is 4.98 Å². The van der Waals surface area contributed by atoms with Crippen molar-refractivity contribution in [3.05, 3.63) is 18.3 Å². The largest absolute Gasteiger partial charge is 0.352 e. The first-order valence-electron chi connectivity index (χ1n) is 7.78. The fourth-order valence-electron chi connectivity index (χ4n) is 3.18. The van der Waals surface area contributed by atoms with Crippen LogP contribution in [0.4, 0.5) is 11.5 Å². The van der Waals surface area contributed by atoms with Gasteiger partial charge in [-0.05, 0) is 38.4 Å². The van der Waals surface area contributed by atoms with Crippen LogP contribution >= 0.6 is 0 Å². The predicted molar refractivity (Wildman–Crippen MR) is 87.3 cm³/mol. The summed E-state index contributed by atoms with van der Waals surface area (Å²) in [6.07, 6.45) is 5.50. The van der Waals surface area contributed by atoms with Gasteiger partial charge in [-0.15, -0.1) is 0 Å². The molecule has 1 aliphatic heterocycles. The first-order valence-corrected chi connectivity index (χ1v) is 7.78. The number of hydrogen-bond acceptors (Lipinski definition) is 3. The van der Waals surface area contributed by atoms with Crippen LogP contribution in [-0.4, -0.2) is 51.8 Å². The number of rotatable bonds is 5. The Kier molecular flexibility index (Phi) is 5.00. The third kappa shape index (κ3) is 3.30. The highest BCUT2D eigenvalue weighted by molar-refractivity contribution is 5.64. The van der Waals surface area contributed by atoms with E-state index < -0.39 is 0 Å². The van der Waals surface area contributed by atoms with Crippen molar-refractivity contribution in [3.63, 3.8) is 0 Å². The van der Waals surface area contributed by atoms with Gasteiger partial charge in [0.2, 0.25) is 0 Å². The fraction of sp³-hybridized carbons (Fsp3) is 0.688. The van der Waals surface area contributed by atoms with E-state index in [1.54, 1.807) is 0 Å². The molecule has 2 rings (SSSR count). The molecule has 4 heteroatoms. The third-order valence-electron chi connectivity index (χ3n) is 4.39. The normalized spacial score (nSPS) is 17.2. The van der Waals surface area contributed by atoms with Gasteiger partial charge in [-0.2, -0.15) is 0 Å². The average molecular weight is 277 g/mol. The minimum atomic E-state index is 0.603. The number of hydrogen-bond donors (Lipinski definition) is 1. The molecule has 1 aromatic rings. The number of pyridine rings is 1. The van der Waals surface area contributed by atoms with Gasteiger partial charge in [0.05, 0.1) is 20.6 Å². The van der Waals surface area contributed by atoms with Crippen LogP contribution in [0.3, 0.4) is 0 Å².